The third-order valence-corrected chi connectivity index (χ3v) is 8.02. The van der Waals surface area contributed by atoms with E-state index in [0.29, 0.717) is 16.7 Å². The monoisotopic (exact) mass is 674 g/mol. The van der Waals surface area contributed by atoms with Crippen LogP contribution >= 0.6 is 0 Å². The Morgan fingerprint density at radius 1 is 0.457 bits per heavy atom. The van der Waals surface area contributed by atoms with Crippen molar-refractivity contribution in [3.63, 3.8) is 0 Å². The van der Waals surface area contributed by atoms with Crippen LogP contribution in [0, 0.1) is 0 Å². The van der Waals surface area contributed by atoms with E-state index in [1.807, 2.05) is 0 Å². The van der Waals surface area contributed by atoms with E-state index in [-0.39, 0.29) is 52.0 Å². The number of aromatic nitrogens is 3. The van der Waals surface area contributed by atoms with Crippen molar-refractivity contribution < 1.29 is 46.8 Å². The van der Waals surface area contributed by atoms with Gasteiger partial charge in [0.05, 0.1) is 35.3 Å². The molecule has 3 aromatic rings. The van der Waals surface area contributed by atoms with E-state index in [1.165, 1.54) is 56.4 Å². The average molecular weight is 675 g/mol. The van der Waals surface area contributed by atoms with Gasteiger partial charge in [-0.3, -0.25) is 29.3 Å². The number of amides is 3. The van der Waals surface area contributed by atoms with E-state index in [0.717, 1.165) is 77.8 Å². The first-order chi connectivity index (χ1) is 21.9. The molecule has 3 fully saturated rings. The van der Waals surface area contributed by atoms with Gasteiger partial charge in [-0.15, -0.1) is 0 Å². The van der Waals surface area contributed by atoms with Gasteiger partial charge in [0.2, 0.25) is 0 Å². The Morgan fingerprint density at radius 2 is 0.696 bits per heavy atom. The van der Waals surface area contributed by atoms with E-state index < -0.39 is 0 Å². The van der Waals surface area contributed by atoms with Crippen LogP contribution in [0.3, 0.4) is 0 Å². The number of hydrogen-bond acceptors (Lipinski definition) is 9. The van der Waals surface area contributed by atoms with Crippen LogP contribution in [0.2, 0.25) is 0 Å². The standard InChI is InChI=1S/3C11H14N2O2.Fe/c3*14-10-8-12-5-4-9(10)11(15)13-6-2-1-3-7-13;/h3*4-5,8,14H,1-3,6-7H2;. The summed E-state index contributed by atoms with van der Waals surface area (Å²) in [4.78, 5) is 52.5. The van der Waals surface area contributed by atoms with Crippen molar-refractivity contribution in [1.82, 2.24) is 29.7 Å². The molecular weight excluding hydrogens is 632 g/mol. The van der Waals surface area contributed by atoms with Gasteiger partial charge in [0.15, 0.2) is 0 Å². The molecule has 3 aliphatic heterocycles. The predicted octanol–water partition coefficient (Wildman–Crippen LogP) is 4.24. The number of carbonyl (C=O) groups is 3. The first-order valence-electron chi connectivity index (χ1n) is 15.6. The van der Waals surface area contributed by atoms with Crippen LogP contribution in [0.5, 0.6) is 17.2 Å². The number of rotatable bonds is 3. The first kappa shape index (κ1) is 36.2. The molecule has 0 radical (unpaired) electrons. The SMILES string of the molecule is O=C(c1ccncc1O)N1CCCCC1.O=C(c1ccncc1O)N1CCCCC1.O=C(c1ccncc1O)N1CCCCC1.[Fe]. The Balaban J connectivity index is 0.000000186. The van der Waals surface area contributed by atoms with Crippen molar-refractivity contribution >= 4 is 17.7 Å². The summed E-state index contributed by atoms with van der Waals surface area (Å²) in [6.07, 6.45) is 18.4. The van der Waals surface area contributed by atoms with Crippen LogP contribution < -0.4 is 0 Å². The van der Waals surface area contributed by atoms with E-state index in [9.17, 15) is 29.7 Å². The van der Waals surface area contributed by atoms with Gasteiger partial charge in [-0.25, -0.2) is 0 Å². The number of aromatic hydroxyl groups is 3. The summed E-state index contributed by atoms with van der Waals surface area (Å²) in [5.74, 6) is -0.368. The molecule has 3 N–H and O–H groups in total. The third kappa shape index (κ3) is 10.1. The smallest absolute Gasteiger partial charge is 0.257 e. The summed E-state index contributed by atoms with van der Waals surface area (Å²) in [5.41, 5.74) is 1.06. The first-order valence-corrected chi connectivity index (χ1v) is 15.6. The molecule has 248 valence electrons. The van der Waals surface area contributed by atoms with Gasteiger partial charge in [0.25, 0.3) is 17.7 Å². The quantitative estimate of drug-likeness (QED) is 0.346. The van der Waals surface area contributed by atoms with E-state index in [2.05, 4.69) is 15.0 Å². The second-order valence-electron chi connectivity index (χ2n) is 11.2. The van der Waals surface area contributed by atoms with Crippen molar-refractivity contribution in [2.75, 3.05) is 39.3 Å². The molecule has 3 amide bonds. The number of likely N-dealkylation sites (tertiary alicyclic amines) is 3. The van der Waals surface area contributed by atoms with Crippen molar-refractivity contribution in [2.24, 2.45) is 0 Å². The fourth-order valence-corrected chi connectivity index (χ4v) is 5.50. The Morgan fingerprint density at radius 3 is 0.913 bits per heavy atom. The maximum atomic E-state index is 12.0. The molecule has 6 heterocycles. The molecule has 12 nitrogen and oxygen atoms in total. The predicted molar refractivity (Wildman–Crippen MR) is 167 cm³/mol. The van der Waals surface area contributed by atoms with Gasteiger partial charge in [-0.2, -0.15) is 0 Å². The van der Waals surface area contributed by atoms with Crippen molar-refractivity contribution in [3.8, 4) is 17.2 Å². The molecule has 0 bridgehead atoms. The third-order valence-electron chi connectivity index (χ3n) is 8.02. The van der Waals surface area contributed by atoms with E-state index in [4.69, 9.17) is 0 Å². The summed E-state index contributed by atoms with van der Waals surface area (Å²) in [6, 6.07) is 4.69. The van der Waals surface area contributed by atoms with Gasteiger partial charge in [-0.05, 0) is 76.0 Å². The molecule has 13 heteroatoms. The van der Waals surface area contributed by atoms with Crippen LogP contribution in [0.4, 0.5) is 0 Å². The average Bonchev–Trinajstić information content (AvgIpc) is 3.10. The topological polar surface area (TPSA) is 160 Å². The number of piperidine rings is 3. The number of carbonyl (C=O) groups excluding carboxylic acids is 3. The number of hydrogen-bond donors (Lipinski definition) is 3. The van der Waals surface area contributed by atoms with Crippen LogP contribution in [0.25, 0.3) is 0 Å². The van der Waals surface area contributed by atoms with Crippen molar-refractivity contribution in [2.45, 2.75) is 57.8 Å². The van der Waals surface area contributed by atoms with Crippen molar-refractivity contribution in [3.05, 3.63) is 72.1 Å². The number of pyridine rings is 3. The molecule has 3 aliphatic rings. The zero-order valence-electron chi connectivity index (χ0n) is 25.9. The molecule has 0 atom stereocenters. The molecular formula is C33H42FeN6O6. The summed E-state index contributed by atoms with van der Waals surface area (Å²) >= 11 is 0. The van der Waals surface area contributed by atoms with Gasteiger partial charge in [0, 0.05) is 74.9 Å². The molecule has 3 saturated heterocycles. The van der Waals surface area contributed by atoms with Crippen LogP contribution in [0.1, 0.15) is 88.9 Å². The van der Waals surface area contributed by atoms with Crippen molar-refractivity contribution in [1.29, 1.82) is 0 Å². The Bertz CT molecular complexity index is 1260. The zero-order valence-corrected chi connectivity index (χ0v) is 27.0. The summed E-state index contributed by atoms with van der Waals surface area (Å²) in [6.45, 7) is 4.75. The molecule has 3 aromatic heterocycles. The molecule has 0 unspecified atom stereocenters. The largest absolute Gasteiger partial charge is 0.505 e. The van der Waals surface area contributed by atoms with Gasteiger partial charge >= 0.3 is 0 Å². The molecule has 6 rings (SSSR count). The molecule has 0 saturated carbocycles. The normalized spacial score (nSPS) is 16.0. The summed E-state index contributed by atoms with van der Waals surface area (Å²) < 4.78 is 0. The van der Waals surface area contributed by atoms with Crippen LogP contribution in [-0.4, -0.2) is 102 Å². The summed E-state index contributed by atoms with van der Waals surface area (Å²) in [7, 11) is 0. The van der Waals surface area contributed by atoms with Gasteiger partial charge < -0.3 is 30.0 Å². The van der Waals surface area contributed by atoms with E-state index >= 15 is 0 Å². The Labute approximate surface area is 280 Å². The molecule has 0 aliphatic carbocycles. The van der Waals surface area contributed by atoms with Gasteiger partial charge in [-0.1, -0.05) is 0 Å². The van der Waals surface area contributed by atoms with Gasteiger partial charge in [0.1, 0.15) is 17.2 Å². The fourth-order valence-electron chi connectivity index (χ4n) is 5.50. The zero-order chi connectivity index (χ0) is 32.0. The fraction of sp³-hybridized carbons (Fsp3) is 0.455. The minimum atomic E-state index is -0.0883. The second-order valence-corrected chi connectivity index (χ2v) is 11.2. The summed E-state index contributed by atoms with van der Waals surface area (Å²) in [5, 5.41) is 28.5. The second kappa shape index (κ2) is 18.7. The Hall–Kier alpha value is -4.22. The van der Waals surface area contributed by atoms with E-state index in [1.54, 1.807) is 32.9 Å². The van der Waals surface area contributed by atoms with Crippen LogP contribution in [-0.2, 0) is 17.1 Å². The molecule has 46 heavy (non-hydrogen) atoms. The maximum Gasteiger partial charge on any atom is 0.257 e. The molecule has 0 aromatic carbocycles. The minimum Gasteiger partial charge on any atom is -0.505 e. The minimum absolute atomic E-state index is 0. The Kier molecular flexibility index (Phi) is 14.7. The number of nitrogens with zero attached hydrogens (tertiary/aromatic N) is 6. The molecule has 0 spiro atoms. The maximum absolute atomic E-state index is 12.0. The van der Waals surface area contributed by atoms with Crippen LogP contribution in [0.15, 0.2) is 55.4 Å².